The zero-order valence-electron chi connectivity index (χ0n) is 14.0. The third-order valence-electron chi connectivity index (χ3n) is 4.68. The number of pyridine rings is 1. The van der Waals surface area contributed by atoms with Crippen LogP contribution in [0, 0.1) is 5.92 Å². The quantitative estimate of drug-likeness (QED) is 0.780. The number of amides is 1. The topological polar surface area (TPSA) is 37.6 Å². The van der Waals surface area contributed by atoms with Gasteiger partial charge in [-0.3, -0.25) is 9.20 Å². The lowest BCUT2D eigenvalue weighted by Crippen LogP contribution is -2.38. The Labute approximate surface area is 148 Å². The third-order valence-corrected chi connectivity index (χ3v) is 4.96. The van der Waals surface area contributed by atoms with Crippen LogP contribution in [-0.4, -0.2) is 33.3 Å². The smallest absolute Gasteiger partial charge is 0.337 e. The molecule has 2 aromatic heterocycles. The van der Waals surface area contributed by atoms with Crippen LogP contribution in [0.15, 0.2) is 12.3 Å². The number of likely N-dealkylation sites (tertiary alicyclic amines) is 1. The summed E-state index contributed by atoms with van der Waals surface area (Å²) < 4.78 is 40.6. The molecule has 0 N–H and O–H groups in total. The Hall–Kier alpha value is -1.76. The molecule has 1 fully saturated rings. The van der Waals surface area contributed by atoms with Crippen molar-refractivity contribution < 1.29 is 18.0 Å². The predicted octanol–water partition coefficient (Wildman–Crippen LogP) is 4.44. The summed E-state index contributed by atoms with van der Waals surface area (Å²) in [7, 11) is 0. The number of rotatable bonds is 2. The maximum absolute atomic E-state index is 13.1. The van der Waals surface area contributed by atoms with E-state index in [0.717, 1.165) is 25.1 Å². The van der Waals surface area contributed by atoms with Crippen molar-refractivity contribution in [3.8, 4) is 0 Å². The fraction of sp³-hybridized carbons (Fsp3) is 0.529. The lowest BCUT2D eigenvalue weighted by Gasteiger charge is -2.30. The van der Waals surface area contributed by atoms with E-state index < -0.39 is 11.7 Å². The van der Waals surface area contributed by atoms with Gasteiger partial charge in [0.2, 0.25) is 0 Å². The fourth-order valence-electron chi connectivity index (χ4n) is 3.14. The molecule has 8 heteroatoms. The number of piperidine rings is 1. The van der Waals surface area contributed by atoms with Crippen molar-refractivity contribution in [1.82, 2.24) is 14.3 Å². The SMILES string of the molecule is CCc1nc2c(Cl)cc(C(F)(F)F)cn2c1C(=O)N1CCC(C)CC1. The molecule has 1 amide bonds. The number of hydrogen-bond acceptors (Lipinski definition) is 2. The monoisotopic (exact) mass is 373 g/mol. The van der Waals surface area contributed by atoms with Crippen LogP contribution < -0.4 is 0 Å². The van der Waals surface area contributed by atoms with Gasteiger partial charge in [0.05, 0.1) is 16.3 Å². The summed E-state index contributed by atoms with van der Waals surface area (Å²) in [5.74, 6) is 0.259. The van der Waals surface area contributed by atoms with E-state index >= 15 is 0 Å². The Kier molecular flexibility index (Phi) is 4.70. The molecule has 0 unspecified atom stereocenters. The number of imidazole rings is 1. The first-order chi connectivity index (χ1) is 11.7. The summed E-state index contributed by atoms with van der Waals surface area (Å²) in [6.45, 7) is 5.14. The minimum Gasteiger partial charge on any atom is -0.337 e. The van der Waals surface area contributed by atoms with Gasteiger partial charge in [0.1, 0.15) is 5.69 Å². The number of fused-ring (bicyclic) bond motifs is 1. The molecule has 0 spiro atoms. The number of halogens is 4. The van der Waals surface area contributed by atoms with Crippen LogP contribution in [0.2, 0.25) is 5.02 Å². The van der Waals surface area contributed by atoms with Gasteiger partial charge < -0.3 is 4.90 Å². The summed E-state index contributed by atoms with van der Waals surface area (Å²) in [5, 5.41) is -0.115. The molecule has 0 bridgehead atoms. The second-order valence-corrected chi connectivity index (χ2v) is 6.91. The van der Waals surface area contributed by atoms with Crippen LogP contribution in [0.5, 0.6) is 0 Å². The van der Waals surface area contributed by atoms with Crippen LogP contribution in [0.25, 0.3) is 5.65 Å². The van der Waals surface area contributed by atoms with Gasteiger partial charge in [0.15, 0.2) is 5.65 Å². The lowest BCUT2D eigenvalue weighted by atomic mass is 9.99. The molecular weight excluding hydrogens is 355 g/mol. The molecule has 136 valence electrons. The highest BCUT2D eigenvalue weighted by Crippen LogP contribution is 2.33. The van der Waals surface area contributed by atoms with Crippen LogP contribution >= 0.6 is 11.6 Å². The van der Waals surface area contributed by atoms with Crippen molar-refractivity contribution in [3.63, 3.8) is 0 Å². The molecule has 4 nitrogen and oxygen atoms in total. The summed E-state index contributed by atoms with van der Waals surface area (Å²) >= 11 is 6.01. The first-order valence-electron chi connectivity index (χ1n) is 8.29. The number of carbonyl (C=O) groups is 1. The molecule has 0 radical (unpaired) electrons. The van der Waals surface area contributed by atoms with Crippen molar-refractivity contribution >= 4 is 23.2 Å². The zero-order chi connectivity index (χ0) is 18.4. The van der Waals surface area contributed by atoms with Crippen LogP contribution in [0.1, 0.15) is 48.4 Å². The third kappa shape index (κ3) is 3.34. The normalized spacial score (nSPS) is 16.6. The van der Waals surface area contributed by atoms with Crippen LogP contribution in [0.4, 0.5) is 13.2 Å². The number of aromatic nitrogens is 2. The van der Waals surface area contributed by atoms with Crippen molar-refractivity contribution in [2.45, 2.75) is 39.3 Å². The van der Waals surface area contributed by atoms with E-state index in [9.17, 15) is 18.0 Å². The molecule has 0 aromatic carbocycles. The van der Waals surface area contributed by atoms with E-state index in [0.29, 0.717) is 31.1 Å². The van der Waals surface area contributed by atoms with Crippen molar-refractivity contribution in [3.05, 3.63) is 34.2 Å². The van der Waals surface area contributed by atoms with Gasteiger partial charge in [-0.05, 0) is 31.2 Å². The molecular formula is C17H19ClF3N3O. The van der Waals surface area contributed by atoms with Crippen LogP contribution in [-0.2, 0) is 12.6 Å². The highest BCUT2D eigenvalue weighted by Gasteiger charge is 2.34. The highest BCUT2D eigenvalue weighted by atomic mass is 35.5. The van der Waals surface area contributed by atoms with E-state index in [1.54, 1.807) is 4.90 Å². The molecule has 2 aromatic rings. The minimum atomic E-state index is -4.55. The average Bonchev–Trinajstić information content (AvgIpc) is 2.93. The molecule has 0 aliphatic carbocycles. The number of nitrogens with zero attached hydrogens (tertiary/aromatic N) is 3. The molecule has 3 heterocycles. The Balaban J connectivity index is 2.12. The van der Waals surface area contributed by atoms with Crippen molar-refractivity contribution in [2.24, 2.45) is 5.92 Å². The Bertz CT molecular complexity index is 808. The number of aryl methyl sites for hydroxylation is 1. The van der Waals surface area contributed by atoms with E-state index in [1.165, 1.54) is 4.40 Å². The van der Waals surface area contributed by atoms with Gasteiger partial charge in [-0.1, -0.05) is 25.4 Å². The molecule has 0 atom stereocenters. The van der Waals surface area contributed by atoms with Crippen molar-refractivity contribution in [1.29, 1.82) is 0 Å². The Morgan fingerprint density at radius 1 is 1.36 bits per heavy atom. The average molecular weight is 374 g/mol. The number of carbonyl (C=O) groups excluding carboxylic acids is 1. The first-order valence-corrected chi connectivity index (χ1v) is 8.67. The zero-order valence-corrected chi connectivity index (χ0v) is 14.8. The molecule has 1 aliphatic rings. The number of hydrogen-bond donors (Lipinski definition) is 0. The second kappa shape index (κ2) is 6.52. The second-order valence-electron chi connectivity index (χ2n) is 6.50. The van der Waals surface area contributed by atoms with Gasteiger partial charge in [-0.25, -0.2) is 4.98 Å². The molecule has 0 saturated carbocycles. The molecule has 1 aliphatic heterocycles. The maximum atomic E-state index is 13.1. The van der Waals surface area contributed by atoms with Gasteiger partial charge >= 0.3 is 6.18 Å². The standard InChI is InChI=1S/C17H19ClF3N3O/c1-3-13-14(16(25)23-6-4-10(2)5-7-23)24-9-11(17(19,20)21)8-12(18)15(24)22-13/h8-10H,3-7H2,1-2H3. The minimum absolute atomic E-state index is 0.115. The van der Waals surface area contributed by atoms with Gasteiger partial charge in [0.25, 0.3) is 5.91 Å². The van der Waals surface area contributed by atoms with E-state index in [2.05, 4.69) is 11.9 Å². The summed E-state index contributed by atoms with van der Waals surface area (Å²) in [6.07, 6.45) is -1.43. The summed E-state index contributed by atoms with van der Waals surface area (Å²) in [4.78, 5) is 19.0. The van der Waals surface area contributed by atoms with E-state index in [1.807, 2.05) is 6.92 Å². The molecule has 1 saturated heterocycles. The van der Waals surface area contributed by atoms with E-state index in [4.69, 9.17) is 11.6 Å². The lowest BCUT2D eigenvalue weighted by molar-refractivity contribution is -0.137. The predicted molar refractivity (Wildman–Crippen MR) is 88.9 cm³/mol. The van der Waals surface area contributed by atoms with Gasteiger partial charge in [-0.15, -0.1) is 0 Å². The first kappa shape index (κ1) is 18.0. The Morgan fingerprint density at radius 3 is 2.56 bits per heavy atom. The van der Waals surface area contributed by atoms with E-state index in [-0.39, 0.29) is 22.3 Å². The van der Waals surface area contributed by atoms with Crippen LogP contribution in [0.3, 0.4) is 0 Å². The Morgan fingerprint density at radius 2 is 2.00 bits per heavy atom. The number of alkyl halides is 3. The summed E-state index contributed by atoms with van der Waals surface area (Å²) in [6, 6.07) is 0.847. The highest BCUT2D eigenvalue weighted by molar-refractivity contribution is 6.33. The largest absolute Gasteiger partial charge is 0.417 e. The van der Waals surface area contributed by atoms with Crippen molar-refractivity contribution in [2.75, 3.05) is 13.1 Å². The van der Waals surface area contributed by atoms with Gasteiger partial charge in [0, 0.05) is 19.3 Å². The van der Waals surface area contributed by atoms with Gasteiger partial charge in [-0.2, -0.15) is 13.2 Å². The molecule has 3 rings (SSSR count). The summed E-state index contributed by atoms with van der Waals surface area (Å²) in [5.41, 5.74) is -0.0727. The maximum Gasteiger partial charge on any atom is 0.417 e. The fourth-order valence-corrected chi connectivity index (χ4v) is 3.39. The molecule has 25 heavy (non-hydrogen) atoms.